The molecule has 5 nitrogen and oxygen atoms in total. The summed E-state index contributed by atoms with van der Waals surface area (Å²) in [6, 6.07) is 0. The first-order valence-corrected chi connectivity index (χ1v) is 5.23. The van der Waals surface area contributed by atoms with Gasteiger partial charge in [0.1, 0.15) is 11.4 Å². The summed E-state index contributed by atoms with van der Waals surface area (Å²) in [5.74, 6) is -0.373. The van der Waals surface area contributed by atoms with Crippen LogP contribution >= 0.6 is 0 Å². The van der Waals surface area contributed by atoms with E-state index in [4.69, 9.17) is 5.11 Å². The van der Waals surface area contributed by atoms with Crippen LogP contribution in [-0.2, 0) is 7.05 Å². The fraction of sp³-hybridized carbons (Fsp3) is 0.636. The normalized spacial score (nSPS) is 11.6. The van der Waals surface area contributed by atoms with Gasteiger partial charge in [0.05, 0.1) is 5.69 Å². The summed E-state index contributed by atoms with van der Waals surface area (Å²) in [4.78, 5) is 11.1. The van der Waals surface area contributed by atoms with E-state index in [-0.39, 0.29) is 11.0 Å². The molecule has 0 saturated heterocycles. The van der Waals surface area contributed by atoms with Crippen molar-refractivity contribution in [2.45, 2.75) is 27.7 Å². The Kier molecular flexibility index (Phi) is 3.26. The highest BCUT2D eigenvalue weighted by Crippen LogP contribution is 2.21. The van der Waals surface area contributed by atoms with Crippen molar-refractivity contribution in [3.05, 3.63) is 11.3 Å². The minimum Gasteiger partial charge on any atom is -0.477 e. The largest absolute Gasteiger partial charge is 0.477 e. The van der Waals surface area contributed by atoms with Gasteiger partial charge in [-0.25, -0.2) is 4.79 Å². The molecule has 1 rings (SSSR count). The number of carbonyl (C=O) groups is 1. The van der Waals surface area contributed by atoms with E-state index in [0.717, 1.165) is 0 Å². The number of nitrogens with zero attached hydrogens (tertiary/aromatic N) is 2. The summed E-state index contributed by atoms with van der Waals surface area (Å²) in [5.41, 5.74) is 0.881. The third-order valence-corrected chi connectivity index (χ3v) is 2.22. The molecule has 0 aliphatic heterocycles. The molecule has 0 aliphatic rings. The van der Waals surface area contributed by atoms with Gasteiger partial charge in [0.15, 0.2) is 0 Å². The van der Waals surface area contributed by atoms with Gasteiger partial charge < -0.3 is 10.4 Å². The molecule has 0 aromatic carbocycles. The van der Waals surface area contributed by atoms with Crippen LogP contribution in [0.25, 0.3) is 0 Å². The SMILES string of the molecule is Cc1nn(C)c(NCC(C)(C)C)c1C(=O)O. The number of hydrogen-bond donors (Lipinski definition) is 2. The van der Waals surface area contributed by atoms with Gasteiger partial charge in [0.25, 0.3) is 0 Å². The lowest BCUT2D eigenvalue weighted by Crippen LogP contribution is -2.21. The summed E-state index contributed by atoms with van der Waals surface area (Å²) >= 11 is 0. The molecule has 0 atom stereocenters. The fourth-order valence-electron chi connectivity index (χ4n) is 1.47. The number of aryl methyl sites for hydroxylation is 2. The van der Waals surface area contributed by atoms with Crippen LogP contribution in [0.5, 0.6) is 0 Å². The molecule has 0 radical (unpaired) electrons. The van der Waals surface area contributed by atoms with Gasteiger partial charge in [-0.1, -0.05) is 20.8 Å². The van der Waals surface area contributed by atoms with Gasteiger partial charge in [-0.3, -0.25) is 4.68 Å². The van der Waals surface area contributed by atoms with Crippen molar-refractivity contribution >= 4 is 11.8 Å². The molecule has 1 aromatic heterocycles. The van der Waals surface area contributed by atoms with Crippen molar-refractivity contribution in [1.29, 1.82) is 0 Å². The number of anilines is 1. The van der Waals surface area contributed by atoms with Crippen LogP contribution in [0, 0.1) is 12.3 Å². The van der Waals surface area contributed by atoms with Crippen molar-refractivity contribution in [3.8, 4) is 0 Å². The third kappa shape index (κ3) is 2.74. The molecule has 2 N–H and O–H groups in total. The molecule has 0 fully saturated rings. The third-order valence-electron chi connectivity index (χ3n) is 2.22. The lowest BCUT2D eigenvalue weighted by Gasteiger charge is -2.19. The molecule has 0 unspecified atom stereocenters. The second kappa shape index (κ2) is 4.15. The highest BCUT2D eigenvalue weighted by atomic mass is 16.4. The molecule has 5 heteroatoms. The number of rotatable bonds is 3. The maximum atomic E-state index is 11.1. The van der Waals surface area contributed by atoms with Gasteiger partial charge in [-0.15, -0.1) is 0 Å². The molecule has 1 aromatic rings. The first-order chi connectivity index (χ1) is 7.22. The van der Waals surface area contributed by atoms with Crippen molar-refractivity contribution in [2.24, 2.45) is 12.5 Å². The van der Waals surface area contributed by atoms with Crippen LogP contribution in [0.2, 0.25) is 0 Å². The number of aromatic nitrogens is 2. The number of aromatic carboxylic acids is 1. The minimum absolute atomic E-state index is 0.0912. The predicted molar refractivity (Wildman–Crippen MR) is 62.8 cm³/mol. The maximum absolute atomic E-state index is 11.1. The van der Waals surface area contributed by atoms with E-state index in [1.807, 2.05) is 0 Å². The van der Waals surface area contributed by atoms with E-state index >= 15 is 0 Å². The Hall–Kier alpha value is -1.52. The highest BCUT2D eigenvalue weighted by molar-refractivity contribution is 5.94. The quantitative estimate of drug-likeness (QED) is 0.824. The average Bonchev–Trinajstić information content (AvgIpc) is 2.35. The number of hydrogen-bond acceptors (Lipinski definition) is 3. The molecular weight excluding hydrogens is 206 g/mol. The van der Waals surface area contributed by atoms with Gasteiger partial charge in [-0.2, -0.15) is 5.10 Å². The Morgan fingerprint density at radius 3 is 2.50 bits per heavy atom. The zero-order valence-corrected chi connectivity index (χ0v) is 10.5. The Balaban J connectivity index is 2.99. The van der Waals surface area contributed by atoms with Crippen molar-refractivity contribution in [3.63, 3.8) is 0 Å². The Bertz CT molecular complexity index is 402. The topological polar surface area (TPSA) is 67.2 Å². The monoisotopic (exact) mass is 225 g/mol. The van der Waals surface area contributed by atoms with E-state index in [2.05, 4.69) is 31.2 Å². The number of carboxylic acids is 1. The first-order valence-electron chi connectivity index (χ1n) is 5.23. The van der Waals surface area contributed by atoms with E-state index in [9.17, 15) is 4.79 Å². The second-order valence-electron chi connectivity index (χ2n) is 5.15. The van der Waals surface area contributed by atoms with E-state index in [0.29, 0.717) is 18.1 Å². The Labute approximate surface area is 95.5 Å². The second-order valence-corrected chi connectivity index (χ2v) is 5.15. The van der Waals surface area contributed by atoms with Gasteiger partial charge in [-0.05, 0) is 12.3 Å². The fourth-order valence-corrected chi connectivity index (χ4v) is 1.47. The minimum atomic E-state index is -0.943. The molecule has 0 bridgehead atoms. The van der Waals surface area contributed by atoms with Crippen LogP contribution in [0.4, 0.5) is 5.82 Å². The zero-order chi connectivity index (χ0) is 12.5. The molecule has 0 amide bonds. The summed E-state index contributed by atoms with van der Waals surface area (Å²) < 4.78 is 1.57. The van der Waals surface area contributed by atoms with Crippen LogP contribution in [-0.4, -0.2) is 27.4 Å². The van der Waals surface area contributed by atoms with E-state index < -0.39 is 5.97 Å². The standard InChI is InChI=1S/C11H19N3O2/c1-7-8(10(15)16)9(14(5)13-7)12-6-11(2,3)4/h12H,6H2,1-5H3,(H,15,16). The molecular formula is C11H19N3O2. The smallest absolute Gasteiger partial charge is 0.341 e. The van der Waals surface area contributed by atoms with Gasteiger partial charge >= 0.3 is 5.97 Å². The molecule has 0 aliphatic carbocycles. The van der Waals surface area contributed by atoms with Crippen LogP contribution in [0.1, 0.15) is 36.8 Å². The van der Waals surface area contributed by atoms with Gasteiger partial charge in [0.2, 0.25) is 0 Å². The summed E-state index contributed by atoms with van der Waals surface area (Å²) in [5, 5.41) is 16.3. The first kappa shape index (κ1) is 12.5. The van der Waals surface area contributed by atoms with Crippen molar-refractivity contribution < 1.29 is 9.90 Å². The van der Waals surface area contributed by atoms with Crippen LogP contribution < -0.4 is 5.32 Å². The zero-order valence-electron chi connectivity index (χ0n) is 10.5. The number of nitrogens with one attached hydrogen (secondary N) is 1. The predicted octanol–water partition coefficient (Wildman–Crippen LogP) is 1.88. The van der Waals surface area contributed by atoms with Crippen molar-refractivity contribution in [2.75, 3.05) is 11.9 Å². The lowest BCUT2D eigenvalue weighted by atomic mass is 9.97. The van der Waals surface area contributed by atoms with Crippen molar-refractivity contribution in [1.82, 2.24) is 9.78 Å². The summed E-state index contributed by atoms with van der Waals surface area (Å²) in [7, 11) is 1.74. The Morgan fingerprint density at radius 2 is 2.06 bits per heavy atom. The maximum Gasteiger partial charge on any atom is 0.341 e. The molecule has 0 spiro atoms. The average molecular weight is 225 g/mol. The molecule has 1 heterocycles. The summed E-state index contributed by atoms with van der Waals surface area (Å²) in [6.45, 7) is 8.66. The van der Waals surface area contributed by atoms with Crippen LogP contribution in [0.3, 0.4) is 0 Å². The lowest BCUT2D eigenvalue weighted by molar-refractivity contribution is 0.0697. The van der Waals surface area contributed by atoms with E-state index in [1.54, 1.807) is 18.7 Å². The molecule has 0 saturated carbocycles. The Morgan fingerprint density at radius 1 is 1.50 bits per heavy atom. The number of carboxylic acid groups (broad SMARTS) is 1. The van der Waals surface area contributed by atoms with Crippen LogP contribution in [0.15, 0.2) is 0 Å². The van der Waals surface area contributed by atoms with Gasteiger partial charge in [0, 0.05) is 13.6 Å². The molecule has 90 valence electrons. The van der Waals surface area contributed by atoms with E-state index in [1.165, 1.54) is 0 Å². The molecule has 16 heavy (non-hydrogen) atoms. The summed E-state index contributed by atoms with van der Waals surface area (Å²) in [6.07, 6.45) is 0. The highest BCUT2D eigenvalue weighted by Gasteiger charge is 2.20.